The van der Waals surface area contributed by atoms with Crippen LogP contribution in [0.4, 0.5) is 0 Å². The Kier molecular flexibility index (Phi) is 3.64. The van der Waals surface area contributed by atoms with E-state index in [0.717, 1.165) is 12.4 Å². The largest absolute Gasteiger partial charge is 0.496 e. The van der Waals surface area contributed by atoms with Crippen molar-refractivity contribution in [2.45, 2.75) is 39.3 Å². The predicted molar refractivity (Wildman–Crippen MR) is 73.2 cm³/mol. The van der Waals surface area contributed by atoms with Gasteiger partial charge in [-0.2, -0.15) is 0 Å². The summed E-state index contributed by atoms with van der Waals surface area (Å²) in [5.41, 5.74) is 3.64. The predicted octanol–water partition coefficient (Wildman–Crippen LogP) is 2.75. The maximum absolute atomic E-state index is 5.71. The zero-order valence-corrected chi connectivity index (χ0v) is 12.0. The first-order chi connectivity index (χ1) is 8.43. The van der Waals surface area contributed by atoms with Crippen LogP contribution >= 0.6 is 0 Å². The fraction of sp³-hybridized carbons (Fsp3) is 0.600. The molecule has 1 saturated heterocycles. The van der Waals surface area contributed by atoms with Crippen molar-refractivity contribution < 1.29 is 9.47 Å². The lowest BCUT2D eigenvalue weighted by atomic mass is 9.95. The maximum atomic E-state index is 5.71. The molecule has 1 aliphatic rings. The number of rotatable bonds is 2. The zero-order valence-electron chi connectivity index (χ0n) is 12.0. The average molecular weight is 249 g/mol. The van der Waals surface area contributed by atoms with E-state index in [1.807, 2.05) is 0 Å². The fourth-order valence-electron chi connectivity index (χ4n) is 2.68. The van der Waals surface area contributed by atoms with Crippen LogP contribution in [0.1, 0.15) is 36.6 Å². The average Bonchev–Trinajstić information content (AvgIpc) is 2.26. The van der Waals surface area contributed by atoms with Gasteiger partial charge in [0.25, 0.3) is 0 Å². The number of hydrogen-bond acceptors (Lipinski definition) is 3. The van der Waals surface area contributed by atoms with Gasteiger partial charge in [-0.25, -0.2) is 0 Å². The number of morpholine rings is 1. The van der Waals surface area contributed by atoms with E-state index in [2.05, 4.69) is 45.1 Å². The molecule has 1 atom stereocenters. The molecule has 3 heteroatoms. The number of nitrogens with one attached hydrogen (secondary N) is 1. The van der Waals surface area contributed by atoms with Crippen molar-refractivity contribution in [3.8, 4) is 5.75 Å². The third-order valence-corrected chi connectivity index (χ3v) is 3.34. The lowest BCUT2D eigenvalue weighted by molar-refractivity contribution is 0.0121. The van der Waals surface area contributed by atoms with Gasteiger partial charge in [0.15, 0.2) is 0 Å². The molecule has 1 unspecified atom stereocenters. The molecule has 18 heavy (non-hydrogen) atoms. The lowest BCUT2D eigenvalue weighted by Crippen LogP contribution is -2.51. The summed E-state index contributed by atoms with van der Waals surface area (Å²) in [5, 5.41) is 3.63. The molecule has 100 valence electrons. The van der Waals surface area contributed by atoms with E-state index < -0.39 is 0 Å². The molecule has 0 aliphatic carbocycles. The second kappa shape index (κ2) is 4.90. The third kappa shape index (κ3) is 2.68. The Bertz CT molecular complexity index is 440. The van der Waals surface area contributed by atoms with Crippen molar-refractivity contribution >= 4 is 0 Å². The summed E-state index contributed by atoms with van der Waals surface area (Å²) in [4.78, 5) is 0. The quantitative estimate of drug-likeness (QED) is 0.874. The minimum atomic E-state index is 0.00553. The van der Waals surface area contributed by atoms with E-state index in [1.54, 1.807) is 7.11 Å². The number of ether oxygens (including phenoxy) is 2. The van der Waals surface area contributed by atoms with E-state index in [0.29, 0.717) is 6.61 Å². The topological polar surface area (TPSA) is 30.5 Å². The van der Waals surface area contributed by atoms with Gasteiger partial charge in [0.05, 0.1) is 26.4 Å². The van der Waals surface area contributed by atoms with Gasteiger partial charge < -0.3 is 14.8 Å². The van der Waals surface area contributed by atoms with Crippen LogP contribution in [0.5, 0.6) is 5.75 Å². The highest BCUT2D eigenvalue weighted by Crippen LogP contribution is 2.33. The molecule has 1 N–H and O–H groups in total. The molecule has 0 spiro atoms. The van der Waals surface area contributed by atoms with Gasteiger partial charge >= 0.3 is 0 Å². The van der Waals surface area contributed by atoms with E-state index >= 15 is 0 Å². The normalized spacial score (nSPS) is 22.8. The Labute approximate surface area is 109 Å². The molecule has 3 nitrogen and oxygen atoms in total. The standard InChI is InChI=1S/C15H23NO2/c1-10-6-11(2)14(17-5)12(7-10)13-8-18-9-15(3,4)16-13/h6-7,13,16H,8-9H2,1-5H3. The van der Waals surface area contributed by atoms with Gasteiger partial charge in [-0.05, 0) is 33.3 Å². The molecule has 1 fully saturated rings. The van der Waals surface area contributed by atoms with Crippen molar-refractivity contribution in [3.63, 3.8) is 0 Å². The van der Waals surface area contributed by atoms with Crippen LogP contribution in [0.25, 0.3) is 0 Å². The van der Waals surface area contributed by atoms with Crippen LogP contribution in [-0.4, -0.2) is 25.9 Å². The molecule has 0 amide bonds. The molecule has 2 rings (SSSR count). The Morgan fingerprint density at radius 1 is 1.33 bits per heavy atom. The first-order valence-electron chi connectivity index (χ1n) is 6.43. The van der Waals surface area contributed by atoms with E-state index in [9.17, 15) is 0 Å². The van der Waals surface area contributed by atoms with Gasteiger partial charge in [0.2, 0.25) is 0 Å². The molecular formula is C15H23NO2. The van der Waals surface area contributed by atoms with Crippen molar-refractivity contribution in [3.05, 3.63) is 28.8 Å². The van der Waals surface area contributed by atoms with Crippen molar-refractivity contribution in [1.82, 2.24) is 5.32 Å². The highest BCUT2D eigenvalue weighted by molar-refractivity contribution is 5.45. The summed E-state index contributed by atoms with van der Waals surface area (Å²) in [6.45, 7) is 9.97. The van der Waals surface area contributed by atoms with Crippen LogP contribution in [0.15, 0.2) is 12.1 Å². The molecule has 1 aliphatic heterocycles. The second-order valence-corrected chi connectivity index (χ2v) is 5.80. The third-order valence-electron chi connectivity index (χ3n) is 3.34. The summed E-state index contributed by atoms with van der Waals surface area (Å²) < 4.78 is 11.3. The highest BCUT2D eigenvalue weighted by Gasteiger charge is 2.30. The monoisotopic (exact) mass is 249 g/mol. The SMILES string of the molecule is COc1c(C)cc(C)cc1C1COCC(C)(C)N1. The molecular weight excluding hydrogens is 226 g/mol. The molecule has 0 saturated carbocycles. The molecule has 1 heterocycles. The van der Waals surface area contributed by atoms with Gasteiger partial charge in [-0.1, -0.05) is 17.7 Å². The number of hydrogen-bond donors (Lipinski definition) is 1. The molecule has 0 radical (unpaired) electrons. The first kappa shape index (κ1) is 13.4. The Balaban J connectivity index is 2.37. The van der Waals surface area contributed by atoms with Crippen LogP contribution in [0.2, 0.25) is 0 Å². The minimum absolute atomic E-state index is 0.00553. The van der Waals surface area contributed by atoms with Crippen molar-refractivity contribution in [1.29, 1.82) is 0 Å². The maximum Gasteiger partial charge on any atom is 0.126 e. The summed E-state index contributed by atoms with van der Waals surface area (Å²) in [7, 11) is 1.73. The Morgan fingerprint density at radius 2 is 2.06 bits per heavy atom. The highest BCUT2D eigenvalue weighted by atomic mass is 16.5. The second-order valence-electron chi connectivity index (χ2n) is 5.80. The molecule has 0 aromatic heterocycles. The van der Waals surface area contributed by atoms with Gasteiger partial charge in [0, 0.05) is 11.1 Å². The summed E-state index contributed by atoms with van der Waals surface area (Å²) in [6.07, 6.45) is 0. The summed E-state index contributed by atoms with van der Waals surface area (Å²) >= 11 is 0. The number of aryl methyl sites for hydroxylation is 2. The first-order valence-corrected chi connectivity index (χ1v) is 6.43. The van der Waals surface area contributed by atoms with Crippen LogP contribution in [0, 0.1) is 13.8 Å². The Hall–Kier alpha value is -1.06. The van der Waals surface area contributed by atoms with Crippen LogP contribution in [0.3, 0.4) is 0 Å². The Morgan fingerprint density at radius 3 is 2.67 bits per heavy atom. The zero-order chi connectivity index (χ0) is 13.3. The van der Waals surface area contributed by atoms with Gasteiger partial charge in [0.1, 0.15) is 5.75 Å². The minimum Gasteiger partial charge on any atom is -0.496 e. The number of benzene rings is 1. The van der Waals surface area contributed by atoms with E-state index in [4.69, 9.17) is 9.47 Å². The van der Waals surface area contributed by atoms with Crippen LogP contribution < -0.4 is 10.1 Å². The van der Waals surface area contributed by atoms with Crippen molar-refractivity contribution in [2.75, 3.05) is 20.3 Å². The lowest BCUT2D eigenvalue weighted by Gasteiger charge is -2.37. The van der Waals surface area contributed by atoms with Gasteiger partial charge in [-0.3, -0.25) is 0 Å². The molecule has 1 aromatic carbocycles. The summed E-state index contributed by atoms with van der Waals surface area (Å²) in [6, 6.07) is 4.54. The smallest absolute Gasteiger partial charge is 0.126 e. The fourth-order valence-corrected chi connectivity index (χ4v) is 2.68. The number of methoxy groups -OCH3 is 1. The molecule has 1 aromatic rings. The molecule has 0 bridgehead atoms. The van der Waals surface area contributed by atoms with Crippen LogP contribution in [-0.2, 0) is 4.74 Å². The summed E-state index contributed by atoms with van der Waals surface area (Å²) in [5.74, 6) is 0.972. The van der Waals surface area contributed by atoms with E-state index in [1.165, 1.54) is 16.7 Å². The van der Waals surface area contributed by atoms with Crippen molar-refractivity contribution in [2.24, 2.45) is 0 Å². The van der Waals surface area contributed by atoms with E-state index in [-0.39, 0.29) is 11.6 Å². The van der Waals surface area contributed by atoms with Gasteiger partial charge in [-0.15, -0.1) is 0 Å².